The molecular weight excluding hydrogens is 775 g/mol. The molecule has 0 amide bonds. The Labute approximate surface area is 379 Å². The molecule has 0 aromatic rings. The minimum atomic E-state index is -1.14. The van der Waals surface area contributed by atoms with Crippen molar-refractivity contribution in [1.82, 2.24) is 0 Å². The van der Waals surface area contributed by atoms with Gasteiger partial charge in [0, 0.05) is 19.3 Å². The molecule has 0 heterocycles. The first-order valence-electron chi connectivity index (χ1n) is 24.3. The number of ether oxygens (including phenoxy) is 3. The Kier molecular flexibility index (Phi) is 41.2. The maximum absolute atomic E-state index is 12.7. The second-order valence-electron chi connectivity index (χ2n) is 17.0. The van der Waals surface area contributed by atoms with Crippen molar-refractivity contribution in [3.63, 3.8) is 0 Å². The Morgan fingerprint density at radius 3 is 1.40 bits per heavy atom. The summed E-state index contributed by atoms with van der Waals surface area (Å²) in [6, 6.07) is -0.742. The van der Waals surface area contributed by atoms with E-state index in [1.54, 1.807) is 21.1 Å². The molecule has 0 bridgehead atoms. The van der Waals surface area contributed by atoms with Crippen LogP contribution >= 0.6 is 0 Å². The third kappa shape index (κ3) is 41.6. The highest BCUT2D eigenvalue weighted by atomic mass is 16.6. The average molecular weight is 864 g/mol. The zero-order chi connectivity index (χ0) is 45.6. The Hall–Kier alpha value is -3.75. The van der Waals surface area contributed by atoms with Gasteiger partial charge >= 0.3 is 11.9 Å². The second-order valence-corrected chi connectivity index (χ2v) is 17.0. The van der Waals surface area contributed by atoms with Gasteiger partial charge in [-0.1, -0.05) is 162 Å². The summed E-state index contributed by atoms with van der Waals surface area (Å²) >= 11 is 0. The summed E-state index contributed by atoms with van der Waals surface area (Å²) in [4.78, 5) is 36.9. The quantitative estimate of drug-likeness (QED) is 0.0261. The molecule has 2 unspecified atom stereocenters. The Bertz CT molecular complexity index is 1330. The fourth-order valence-electron chi connectivity index (χ4n) is 6.47. The van der Waals surface area contributed by atoms with Crippen molar-refractivity contribution in [3.05, 3.63) is 97.2 Å². The van der Waals surface area contributed by atoms with Crippen molar-refractivity contribution in [2.45, 2.75) is 187 Å². The van der Waals surface area contributed by atoms with Crippen LogP contribution in [0.15, 0.2) is 97.2 Å². The molecule has 0 saturated heterocycles. The second kappa shape index (κ2) is 43.9. The van der Waals surface area contributed by atoms with E-state index in [1.807, 2.05) is 0 Å². The third-order valence-corrected chi connectivity index (χ3v) is 10.2. The Balaban J connectivity index is 4.43. The molecule has 352 valence electrons. The van der Waals surface area contributed by atoms with Gasteiger partial charge in [0.2, 0.25) is 0 Å². The molecule has 0 aromatic heterocycles. The van der Waals surface area contributed by atoms with Gasteiger partial charge in [0.25, 0.3) is 0 Å². The van der Waals surface area contributed by atoms with Gasteiger partial charge in [-0.05, 0) is 89.9 Å². The number of carboxylic acids is 1. The molecule has 0 aliphatic rings. The van der Waals surface area contributed by atoms with Crippen LogP contribution in [0.1, 0.15) is 174 Å². The summed E-state index contributed by atoms with van der Waals surface area (Å²) in [6.07, 6.45) is 58.7. The van der Waals surface area contributed by atoms with Gasteiger partial charge in [-0.15, -0.1) is 0 Å². The first-order valence-corrected chi connectivity index (χ1v) is 24.3. The molecule has 8 nitrogen and oxygen atoms in total. The van der Waals surface area contributed by atoms with E-state index in [0.717, 1.165) is 70.6 Å². The highest BCUT2D eigenvalue weighted by Crippen LogP contribution is 2.13. The summed E-state index contributed by atoms with van der Waals surface area (Å²) in [5, 5.41) is 11.6. The van der Waals surface area contributed by atoms with Crippen LogP contribution in [-0.2, 0) is 28.6 Å². The number of rotatable bonds is 42. The number of carbonyl (C=O) groups excluding carboxylic acids is 3. The summed E-state index contributed by atoms with van der Waals surface area (Å²) < 4.78 is 17.1. The lowest BCUT2D eigenvalue weighted by atomic mass is 10.1. The number of hydrogen-bond donors (Lipinski definition) is 0. The van der Waals surface area contributed by atoms with Crippen molar-refractivity contribution < 1.29 is 38.2 Å². The average Bonchev–Trinajstić information content (AvgIpc) is 3.23. The van der Waals surface area contributed by atoms with Gasteiger partial charge in [0.1, 0.15) is 12.6 Å². The predicted molar refractivity (Wildman–Crippen MR) is 258 cm³/mol. The molecule has 0 radical (unpaired) electrons. The lowest BCUT2D eigenvalue weighted by Gasteiger charge is -2.34. The maximum atomic E-state index is 12.7. The number of unbranched alkanes of at least 4 members (excludes halogenated alkanes) is 12. The van der Waals surface area contributed by atoms with Crippen molar-refractivity contribution >= 4 is 17.9 Å². The van der Waals surface area contributed by atoms with Crippen molar-refractivity contribution in [2.75, 3.05) is 41.0 Å². The van der Waals surface area contributed by atoms with Crippen LogP contribution in [0.4, 0.5) is 0 Å². The molecule has 0 aliphatic heterocycles. The molecule has 0 fully saturated rings. The number of hydrogen-bond acceptors (Lipinski definition) is 7. The monoisotopic (exact) mass is 864 g/mol. The number of quaternary nitrogens is 1. The van der Waals surface area contributed by atoms with Crippen molar-refractivity contribution in [2.24, 2.45) is 0 Å². The van der Waals surface area contributed by atoms with Gasteiger partial charge in [0.15, 0.2) is 6.10 Å². The number of carboxylic acid groups (broad SMARTS) is 1. The number of carbonyl (C=O) groups is 3. The van der Waals surface area contributed by atoms with Crippen molar-refractivity contribution in [3.8, 4) is 0 Å². The van der Waals surface area contributed by atoms with E-state index in [-0.39, 0.29) is 49.1 Å². The minimum absolute atomic E-state index is 0.0105. The Morgan fingerprint density at radius 2 is 0.919 bits per heavy atom. The van der Waals surface area contributed by atoms with E-state index in [1.165, 1.54) is 64.2 Å². The molecule has 0 rings (SSSR count). The molecule has 0 saturated carbocycles. The van der Waals surface area contributed by atoms with Gasteiger partial charge in [0.05, 0.1) is 40.3 Å². The fraction of sp³-hybridized carbons (Fsp3) is 0.648. The highest BCUT2D eigenvalue weighted by Gasteiger charge is 2.25. The van der Waals surface area contributed by atoms with Crippen molar-refractivity contribution in [1.29, 1.82) is 0 Å². The largest absolute Gasteiger partial charge is 0.544 e. The summed E-state index contributed by atoms with van der Waals surface area (Å²) in [6.45, 7) is 4.46. The molecule has 62 heavy (non-hydrogen) atoms. The zero-order valence-electron chi connectivity index (χ0n) is 40.0. The molecular formula is C54H89NO7. The SMILES string of the molecule is CC/C=C/C/C=C/C/C=C/C/C=C/C/C=C/C/C=C/C/C=C/CCCC(=O)OC(COCCC(C(=O)[O-])[N+](C)(C)C)COC(=O)CCCCCCCCC/C=C/CCCCCC. The number of aliphatic carboxylic acids is 1. The molecule has 0 aromatic carbocycles. The first kappa shape index (κ1) is 58.2. The van der Waals surface area contributed by atoms with E-state index in [2.05, 4.69) is 111 Å². The minimum Gasteiger partial charge on any atom is -0.544 e. The van der Waals surface area contributed by atoms with Crippen LogP contribution < -0.4 is 5.11 Å². The summed E-state index contributed by atoms with van der Waals surface area (Å²) in [5.74, 6) is -1.83. The van der Waals surface area contributed by atoms with Gasteiger partial charge in [-0.25, -0.2) is 0 Å². The molecule has 0 aliphatic carbocycles. The van der Waals surface area contributed by atoms with E-state index in [9.17, 15) is 19.5 Å². The van der Waals surface area contributed by atoms with Crippen LogP contribution in [0, 0.1) is 0 Å². The number of esters is 2. The first-order chi connectivity index (χ1) is 30.1. The molecule has 8 heteroatoms. The zero-order valence-corrected chi connectivity index (χ0v) is 40.0. The van der Waals surface area contributed by atoms with E-state index in [0.29, 0.717) is 12.8 Å². The lowest BCUT2D eigenvalue weighted by molar-refractivity contribution is -0.889. The smallest absolute Gasteiger partial charge is 0.306 e. The normalized spacial score (nSPS) is 13.8. The predicted octanol–water partition coefficient (Wildman–Crippen LogP) is 12.5. The third-order valence-electron chi connectivity index (χ3n) is 10.2. The Morgan fingerprint density at radius 1 is 0.500 bits per heavy atom. The van der Waals surface area contributed by atoms with Crippen LogP contribution in [0.3, 0.4) is 0 Å². The number of allylic oxidation sites excluding steroid dienone is 16. The summed E-state index contributed by atoms with van der Waals surface area (Å²) in [7, 11) is 5.38. The number of nitrogens with zero attached hydrogens (tertiary/aromatic N) is 1. The molecule has 2 atom stereocenters. The van der Waals surface area contributed by atoms with Gasteiger partial charge < -0.3 is 28.6 Å². The van der Waals surface area contributed by atoms with E-state index >= 15 is 0 Å². The van der Waals surface area contributed by atoms with Crippen LogP contribution in [-0.4, -0.2) is 75.5 Å². The van der Waals surface area contributed by atoms with Crippen LogP contribution in [0.2, 0.25) is 0 Å². The topological polar surface area (TPSA) is 102 Å². The lowest BCUT2D eigenvalue weighted by Crippen LogP contribution is -2.55. The van der Waals surface area contributed by atoms with Gasteiger partial charge in [-0.2, -0.15) is 0 Å². The number of likely N-dealkylation sites (N-methyl/N-ethyl adjacent to an activating group) is 1. The molecule has 0 spiro atoms. The van der Waals surface area contributed by atoms with E-state index < -0.39 is 18.1 Å². The summed E-state index contributed by atoms with van der Waals surface area (Å²) in [5.41, 5.74) is 0. The highest BCUT2D eigenvalue weighted by molar-refractivity contribution is 5.70. The van der Waals surface area contributed by atoms with Crippen LogP contribution in [0.5, 0.6) is 0 Å². The van der Waals surface area contributed by atoms with E-state index in [4.69, 9.17) is 14.2 Å². The fourth-order valence-corrected chi connectivity index (χ4v) is 6.47. The molecule has 0 N–H and O–H groups in total. The maximum Gasteiger partial charge on any atom is 0.306 e. The van der Waals surface area contributed by atoms with Gasteiger partial charge in [-0.3, -0.25) is 9.59 Å². The standard InChI is InChI=1S/C54H89NO7/c1-6-8-10-12-14-16-18-20-22-23-24-25-26-27-28-29-31-33-35-37-39-41-43-45-53(57)62-50(48-60-47-46-51(54(58)59)55(3,4)5)49-61-52(56)44-42-40-38-36-34-32-30-21-19-17-15-13-11-9-7-2/h8,10,14,16-17,19-20,22,24-25,27-28,31,33,37,39,50-51H,6-7,9,11-13,15,18,21,23,26,29-30,32,34-36,38,40-49H2,1-5H3/b10-8+,16-14+,19-17+,22-20+,25-24+,28-27+,33-31+,39-37+. The van der Waals surface area contributed by atoms with Crippen LogP contribution in [0.25, 0.3) is 0 Å².